The molecule has 0 aromatic heterocycles. The fourth-order valence-electron chi connectivity index (χ4n) is 2.61. The van der Waals surface area contributed by atoms with E-state index in [0.717, 1.165) is 25.6 Å². The van der Waals surface area contributed by atoms with Gasteiger partial charge in [-0.05, 0) is 65.5 Å². The van der Waals surface area contributed by atoms with E-state index in [2.05, 4.69) is 29.2 Å². The van der Waals surface area contributed by atoms with Crippen LogP contribution in [0.25, 0.3) is 0 Å². The number of piperidine rings is 1. The third-order valence-electron chi connectivity index (χ3n) is 3.60. The van der Waals surface area contributed by atoms with Gasteiger partial charge in [0.25, 0.3) is 0 Å². The van der Waals surface area contributed by atoms with E-state index in [9.17, 15) is 0 Å². The second kappa shape index (κ2) is 9.73. The summed E-state index contributed by atoms with van der Waals surface area (Å²) in [5, 5.41) is 3.49. The van der Waals surface area contributed by atoms with Crippen LogP contribution < -0.4 is 5.32 Å². The molecule has 1 aliphatic rings. The van der Waals surface area contributed by atoms with E-state index in [0.29, 0.717) is 0 Å². The number of likely N-dealkylation sites (tertiary alicyclic amines) is 1. The van der Waals surface area contributed by atoms with Gasteiger partial charge in [0.1, 0.15) is 0 Å². The average Bonchev–Trinajstić information content (AvgIpc) is 2.35. The second-order valence-corrected chi connectivity index (χ2v) is 5.66. The second-order valence-electron chi connectivity index (χ2n) is 5.66. The lowest BCUT2D eigenvalue weighted by Crippen LogP contribution is -2.41. The molecule has 0 amide bonds. The lowest BCUT2D eigenvalue weighted by molar-refractivity contribution is 0.160. The van der Waals surface area contributed by atoms with E-state index in [4.69, 9.17) is 4.74 Å². The third-order valence-corrected chi connectivity index (χ3v) is 3.60. The molecule has 4 heteroatoms. The van der Waals surface area contributed by atoms with Crippen LogP contribution in [0.15, 0.2) is 0 Å². The van der Waals surface area contributed by atoms with Crippen LogP contribution in [0.5, 0.6) is 0 Å². The van der Waals surface area contributed by atoms with Gasteiger partial charge in [-0.2, -0.15) is 0 Å². The minimum Gasteiger partial charge on any atom is -0.383 e. The molecule has 0 aliphatic carbocycles. The fraction of sp³-hybridized carbons (Fsp3) is 1.00. The van der Waals surface area contributed by atoms with Gasteiger partial charge in [0.2, 0.25) is 0 Å². The summed E-state index contributed by atoms with van der Waals surface area (Å²) < 4.78 is 5.05. The van der Waals surface area contributed by atoms with E-state index >= 15 is 0 Å². The van der Waals surface area contributed by atoms with Gasteiger partial charge in [-0.15, -0.1) is 0 Å². The van der Waals surface area contributed by atoms with E-state index in [1.54, 1.807) is 7.11 Å². The Morgan fingerprint density at radius 2 is 2.22 bits per heavy atom. The Hall–Kier alpha value is -0.160. The number of nitrogens with zero attached hydrogens (tertiary/aromatic N) is 2. The summed E-state index contributed by atoms with van der Waals surface area (Å²) in [5.41, 5.74) is 0. The van der Waals surface area contributed by atoms with Crippen LogP contribution in [0, 0.1) is 5.92 Å². The maximum absolute atomic E-state index is 5.05. The average molecular weight is 257 g/mol. The molecule has 18 heavy (non-hydrogen) atoms. The van der Waals surface area contributed by atoms with Gasteiger partial charge < -0.3 is 19.9 Å². The van der Waals surface area contributed by atoms with Gasteiger partial charge in [-0.1, -0.05) is 0 Å². The Bertz CT molecular complexity index is 199. The van der Waals surface area contributed by atoms with Crippen LogP contribution >= 0.6 is 0 Å². The van der Waals surface area contributed by atoms with Crippen LogP contribution in [-0.2, 0) is 4.74 Å². The summed E-state index contributed by atoms with van der Waals surface area (Å²) in [7, 11) is 6.06. The van der Waals surface area contributed by atoms with Gasteiger partial charge in [0, 0.05) is 20.2 Å². The Morgan fingerprint density at radius 1 is 1.39 bits per heavy atom. The maximum Gasteiger partial charge on any atom is 0.0587 e. The Balaban J connectivity index is 2.08. The molecular weight excluding hydrogens is 226 g/mol. The summed E-state index contributed by atoms with van der Waals surface area (Å²) in [6, 6.07) is 0. The first kappa shape index (κ1) is 15.9. The molecule has 1 unspecified atom stereocenters. The fourth-order valence-corrected chi connectivity index (χ4v) is 2.61. The molecule has 1 rings (SSSR count). The first-order valence-corrected chi connectivity index (χ1v) is 7.29. The predicted octanol–water partition coefficient (Wildman–Crippen LogP) is 0.886. The quantitative estimate of drug-likeness (QED) is 0.621. The molecule has 1 N–H and O–H groups in total. The van der Waals surface area contributed by atoms with E-state index in [1.807, 2.05) is 0 Å². The number of nitrogens with one attached hydrogen (secondary N) is 1. The zero-order valence-electron chi connectivity index (χ0n) is 12.5. The number of hydrogen-bond acceptors (Lipinski definition) is 4. The number of ether oxygens (including phenoxy) is 1. The largest absolute Gasteiger partial charge is 0.383 e. The van der Waals surface area contributed by atoms with Gasteiger partial charge in [-0.3, -0.25) is 0 Å². The van der Waals surface area contributed by atoms with Crippen molar-refractivity contribution in [1.29, 1.82) is 0 Å². The van der Waals surface area contributed by atoms with E-state index < -0.39 is 0 Å². The van der Waals surface area contributed by atoms with Crippen molar-refractivity contribution >= 4 is 0 Å². The SMILES string of the molecule is COCCNCC1CCCN(CCCN(C)C)C1. The molecule has 1 saturated heterocycles. The summed E-state index contributed by atoms with van der Waals surface area (Å²) >= 11 is 0. The minimum atomic E-state index is 0.819. The monoisotopic (exact) mass is 257 g/mol. The number of methoxy groups -OCH3 is 1. The predicted molar refractivity (Wildman–Crippen MR) is 77.1 cm³/mol. The molecular formula is C14H31N3O. The van der Waals surface area contributed by atoms with E-state index in [-0.39, 0.29) is 0 Å². The van der Waals surface area contributed by atoms with Crippen molar-refractivity contribution in [3.63, 3.8) is 0 Å². The molecule has 4 nitrogen and oxygen atoms in total. The summed E-state index contributed by atoms with van der Waals surface area (Å²) in [6.45, 7) is 7.97. The van der Waals surface area contributed by atoms with Crippen molar-refractivity contribution in [2.24, 2.45) is 5.92 Å². The summed E-state index contributed by atoms with van der Waals surface area (Å²) in [6.07, 6.45) is 4.03. The highest BCUT2D eigenvalue weighted by Crippen LogP contribution is 2.15. The molecule has 0 bridgehead atoms. The van der Waals surface area contributed by atoms with Crippen LogP contribution in [-0.4, -0.2) is 76.9 Å². The molecule has 1 fully saturated rings. The zero-order chi connectivity index (χ0) is 13.2. The van der Waals surface area contributed by atoms with Gasteiger partial charge in [0.15, 0.2) is 0 Å². The molecule has 1 aliphatic heterocycles. The first-order valence-electron chi connectivity index (χ1n) is 7.29. The van der Waals surface area contributed by atoms with Crippen LogP contribution in [0.1, 0.15) is 19.3 Å². The lowest BCUT2D eigenvalue weighted by atomic mass is 9.98. The normalized spacial score (nSPS) is 21.7. The Morgan fingerprint density at radius 3 is 2.94 bits per heavy atom. The smallest absolute Gasteiger partial charge is 0.0587 e. The minimum absolute atomic E-state index is 0.819. The summed E-state index contributed by atoms with van der Waals surface area (Å²) in [5.74, 6) is 0.829. The van der Waals surface area contributed by atoms with Crippen molar-refractivity contribution in [3.05, 3.63) is 0 Å². The molecule has 1 atom stereocenters. The number of hydrogen-bond donors (Lipinski definition) is 1. The van der Waals surface area contributed by atoms with Crippen molar-refractivity contribution in [2.45, 2.75) is 19.3 Å². The van der Waals surface area contributed by atoms with Crippen LogP contribution in [0.3, 0.4) is 0 Å². The van der Waals surface area contributed by atoms with Crippen LogP contribution in [0.2, 0.25) is 0 Å². The third kappa shape index (κ3) is 7.31. The highest BCUT2D eigenvalue weighted by Gasteiger charge is 2.18. The van der Waals surface area contributed by atoms with Crippen molar-refractivity contribution in [2.75, 3.05) is 67.1 Å². The Kier molecular flexibility index (Phi) is 8.59. The van der Waals surface area contributed by atoms with Crippen molar-refractivity contribution in [1.82, 2.24) is 15.1 Å². The molecule has 0 aromatic rings. The highest BCUT2D eigenvalue weighted by atomic mass is 16.5. The van der Waals surface area contributed by atoms with Gasteiger partial charge in [-0.25, -0.2) is 0 Å². The first-order chi connectivity index (χ1) is 8.72. The molecule has 108 valence electrons. The molecule has 1 heterocycles. The van der Waals surface area contributed by atoms with Crippen LogP contribution in [0.4, 0.5) is 0 Å². The molecule has 0 spiro atoms. The van der Waals surface area contributed by atoms with E-state index in [1.165, 1.54) is 45.4 Å². The maximum atomic E-state index is 5.05. The van der Waals surface area contributed by atoms with Crippen molar-refractivity contribution < 1.29 is 4.74 Å². The lowest BCUT2D eigenvalue weighted by Gasteiger charge is -2.33. The van der Waals surface area contributed by atoms with Gasteiger partial charge >= 0.3 is 0 Å². The Labute approximate surface area is 113 Å². The van der Waals surface area contributed by atoms with Gasteiger partial charge in [0.05, 0.1) is 6.61 Å². The topological polar surface area (TPSA) is 27.7 Å². The molecule has 0 aromatic carbocycles. The molecule has 0 saturated carbocycles. The standard InChI is InChI=1S/C14H31N3O/c1-16(2)8-5-10-17-9-4-6-14(13-17)12-15-7-11-18-3/h14-15H,4-13H2,1-3H3. The number of rotatable bonds is 9. The molecule has 0 radical (unpaired) electrons. The summed E-state index contributed by atoms with van der Waals surface area (Å²) in [4.78, 5) is 4.91. The van der Waals surface area contributed by atoms with Crippen molar-refractivity contribution in [3.8, 4) is 0 Å². The zero-order valence-corrected chi connectivity index (χ0v) is 12.5. The highest BCUT2D eigenvalue weighted by molar-refractivity contribution is 4.74.